The van der Waals surface area contributed by atoms with Gasteiger partial charge in [0.1, 0.15) is 0 Å². The molecule has 2 N–H and O–H groups in total. The number of hydrogen-bond acceptors (Lipinski definition) is 2. The molecule has 0 spiro atoms. The van der Waals surface area contributed by atoms with Gasteiger partial charge in [-0.25, -0.2) is 0 Å². The van der Waals surface area contributed by atoms with Crippen LogP contribution in [0.2, 0.25) is 0 Å². The van der Waals surface area contributed by atoms with Gasteiger partial charge in [0.05, 0.1) is 6.54 Å². The Labute approximate surface area is 126 Å². The normalized spacial score (nSPS) is 10.3. The standard InChI is InChI=1S/C18H22N2O/c1-12-5-6-15(4)17(10-12)20-18(21)11-19-16-8-13(2)7-14(3)9-16/h5-10,19H,11H2,1-4H3,(H,20,21). The summed E-state index contributed by atoms with van der Waals surface area (Å²) in [5, 5.41) is 6.12. The first-order valence-electron chi connectivity index (χ1n) is 7.13. The van der Waals surface area contributed by atoms with E-state index in [9.17, 15) is 4.79 Å². The number of nitrogens with one attached hydrogen (secondary N) is 2. The van der Waals surface area contributed by atoms with Crippen LogP contribution in [0.1, 0.15) is 22.3 Å². The smallest absolute Gasteiger partial charge is 0.243 e. The number of benzene rings is 2. The first-order valence-corrected chi connectivity index (χ1v) is 7.13. The van der Waals surface area contributed by atoms with Crippen LogP contribution in [0.3, 0.4) is 0 Å². The Morgan fingerprint density at radius 3 is 2.24 bits per heavy atom. The number of carbonyl (C=O) groups is 1. The van der Waals surface area contributed by atoms with Gasteiger partial charge in [-0.1, -0.05) is 18.2 Å². The average Bonchev–Trinajstić information content (AvgIpc) is 2.40. The molecule has 110 valence electrons. The Morgan fingerprint density at radius 2 is 1.57 bits per heavy atom. The summed E-state index contributed by atoms with van der Waals surface area (Å²) < 4.78 is 0. The summed E-state index contributed by atoms with van der Waals surface area (Å²) in [5.41, 5.74) is 6.43. The topological polar surface area (TPSA) is 41.1 Å². The van der Waals surface area contributed by atoms with Gasteiger partial charge < -0.3 is 10.6 Å². The fourth-order valence-electron chi connectivity index (χ4n) is 2.32. The minimum atomic E-state index is -0.0390. The van der Waals surface area contributed by atoms with Crippen LogP contribution in [0.4, 0.5) is 11.4 Å². The highest BCUT2D eigenvalue weighted by Gasteiger charge is 2.05. The second-order valence-electron chi connectivity index (χ2n) is 5.60. The van der Waals surface area contributed by atoms with Crippen molar-refractivity contribution in [3.8, 4) is 0 Å². The number of aryl methyl sites for hydroxylation is 4. The molecule has 3 heteroatoms. The Hall–Kier alpha value is -2.29. The van der Waals surface area contributed by atoms with Gasteiger partial charge in [-0.3, -0.25) is 4.79 Å². The highest BCUT2D eigenvalue weighted by Crippen LogP contribution is 2.17. The molecular weight excluding hydrogens is 260 g/mol. The molecule has 0 unspecified atom stereocenters. The van der Waals surface area contributed by atoms with Crippen LogP contribution in [-0.2, 0) is 4.79 Å². The average molecular weight is 282 g/mol. The molecule has 0 saturated carbocycles. The molecule has 1 amide bonds. The van der Waals surface area contributed by atoms with Crippen molar-refractivity contribution in [3.63, 3.8) is 0 Å². The summed E-state index contributed by atoms with van der Waals surface area (Å²) in [4.78, 5) is 12.0. The molecule has 0 aliphatic heterocycles. The molecule has 0 radical (unpaired) electrons. The van der Waals surface area contributed by atoms with E-state index < -0.39 is 0 Å². The van der Waals surface area contributed by atoms with Crippen LogP contribution in [-0.4, -0.2) is 12.5 Å². The summed E-state index contributed by atoms with van der Waals surface area (Å²) in [6.45, 7) is 8.37. The van der Waals surface area contributed by atoms with Crippen molar-refractivity contribution >= 4 is 17.3 Å². The van der Waals surface area contributed by atoms with Crippen LogP contribution >= 0.6 is 0 Å². The van der Waals surface area contributed by atoms with Gasteiger partial charge in [0.15, 0.2) is 0 Å². The summed E-state index contributed by atoms with van der Waals surface area (Å²) in [7, 11) is 0. The molecule has 0 atom stereocenters. The minimum Gasteiger partial charge on any atom is -0.376 e. The lowest BCUT2D eigenvalue weighted by Crippen LogP contribution is -2.22. The second kappa shape index (κ2) is 6.44. The predicted octanol–water partition coefficient (Wildman–Crippen LogP) is 3.97. The summed E-state index contributed by atoms with van der Waals surface area (Å²) >= 11 is 0. The monoisotopic (exact) mass is 282 g/mol. The van der Waals surface area contributed by atoms with E-state index in [-0.39, 0.29) is 12.5 Å². The molecule has 2 rings (SSSR count). The maximum atomic E-state index is 12.0. The van der Waals surface area contributed by atoms with E-state index in [1.165, 1.54) is 11.1 Å². The lowest BCUT2D eigenvalue weighted by Gasteiger charge is -2.11. The molecule has 3 nitrogen and oxygen atoms in total. The maximum Gasteiger partial charge on any atom is 0.243 e. The van der Waals surface area contributed by atoms with Gasteiger partial charge in [0.2, 0.25) is 5.91 Å². The Kier molecular flexibility index (Phi) is 4.63. The molecule has 0 aromatic heterocycles. The summed E-state index contributed by atoms with van der Waals surface area (Å²) in [6, 6.07) is 12.2. The molecule has 0 heterocycles. The molecular formula is C18H22N2O. The third-order valence-electron chi connectivity index (χ3n) is 3.34. The Bertz CT molecular complexity index is 642. The van der Waals surface area contributed by atoms with E-state index in [1.807, 2.05) is 58.0 Å². The number of hydrogen-bond donors (Lipinski definition) is 2. The van der Waals surface area contributed by atoms with E-state index in [0.29, 0.717) is 0 Å². The zero-order chi connectivity index (χ0) is 15.4. The SMILES string of the molecule is Cc1cc(C)cc(NCC(=O)Nc2cc(C)ccc2C)c1. The Morgan fingerprint density at radius 1 is 0.905 bits per heavy atom. The van der Waals surface area contributed by atoms with Crippen molar-refractivity contribution in [2.45, 2.75) is 27.7 Å². The zero-order valence-corrected chi connectivity index (χ0v) is 13.1. The van der Waals surface area contributed by atoms with Gasteiger partial charge >= 0.3 is 0 Å². The molecule has 0 saturated heterocycles. The van der Waals surface area contributed by atoms with E-state index in [1.54, 1.807) is 0 Å². The van der Waals surface area contributed by atoms with E-state index in [2.05, 4.69) is 16.7 Å². The first kappa shape index (κ1) is 15.1. The van der Waals surface area contributed by atoms with E-state index >= 15 is 0 Å². The van der Waals surface area contributed by atoms with Gasteiger partial charge in [0, 0.05) is 11.4 Å². The molecule has 0 aliphatic rings. The van der Waals surface area contributed by atoms with Crippen LogP contribution in [0.5, 0.6) is 0 Å². The van der Waals surface area contributed by atoms with Crippen molar-refractivity contribution in [2.75, 3.05) is 17.2 Å². The predicted molar refractivity (Wildman–Crippen MR) is 89.0 cm³/mol. The fourth-order valence-corrected chi connectivity index (χ4v) is 2.32. The van der Waals surface area contributed by atoms with Crippen molar-refractivity contribution in [2.24, 2.45) is 0 Å². The van der Waals surface area contributed by atoms with Crippen LogP contribution in [0.25, 0.3) is 0 Å². The van der Waals surface area contributed by atoms with Crippen molar-refractivity contribution in [1.82, 2.24) is 0 Å². The molecule has 21 heavy (non-hydrogen) atoms. The highest BCUT2D eigenvalue weighted by atomic mass is 16.1. The fraction of sp³-hybridized carbons (Fsp3) is 0.278. The maximum absolute atomic E-state index is 12.0. The Balaban J connectivity index is 1.97. The molecule has 0 aliphatic carbocycles. The lowest BCUT2D eigenvalue weighted by atomic mass is 10.1. The number of carbonyl (C=O) groups excluding carboxylic acids is 1. The molecule has 2 aromatic carbocycles. The summed E-state index contributed by atoms with van der Waals surface area (Å²) in [6.07, 6.45) is 0. The van der Waals surface area contributed by atoms with Crippen LogP contribution in [0.15, 0.2) is 36.4 Å². The summed E-state index contributed by atoms with van der Waals surface area (Å²) in [5.74, 6) is -0.0390. The third-order valence-corrected chi connectivity index (χ3v) is 3.34. The van der Waals surface area contributed by atoms with Crippen molar-refractivity contribution in [3.05, 3.63) is 58.7 Å². The van der Waals surface area contributed by atoms with Gasteiger partial charge in [-0.05, 0) is 68.1 Å². The molecule has 0 fully saturated rings. The van der Waals surface area contributed by atoms with E-state index in [0.717, 1.165) is 22.5 Å². The number of anilines is 2. The third kappa shape index (κ3) is 4.35. The quantitative estimate of drug-likeness (QED) is 0.891. The molecule has 2 aromatic rings. The first-order chi connectivity index (χ1) is 9.94. The largest absolute Gasteiger partial charge is 0.376 e. The van der Waals surface area contributed by atoms with Crippen molar-refractivity contribution < 1.29 is 4.79 Å². The van der Waals surface area contributed by atoms with Crippen LogP contribution in [0, 0.1) is 27.7 Å². The molecule has 0 bridgehead atoms. The van der Waals surface area contributed by atoms with E-state index in [4.69, 9.17) is 0 Å². The zero-order valence-electron chi connectivity index (χ0n) is 13.1. The van der Waals surface area contributed by atoms with Crippen LogP contribution < -0.4 is 10.6 Å². The van der Waals surface area contributed by atoms with Gasteiger partial charge in [-0.15, -0.1) is 0 Å². The van der Waals surface area contributed by atoms with Gasteiger partial charge in [0.25, 0.3) is 0 Å². The highest BCUT2D eigenvalue weighted by molar-refractivity contribution is 5.94. The lowest BCUT2D eigenvalue weighted by molar-refractivity contribution is -0.114. The van der Waals surface area contributed by atoms with Crippen molar-refractivity contribution in [1.29, 1.82) is 0 Å². The minimum absolute atomic E-state index is 0.0390. The van der Waals surface area contributed by atoms with Gasteiger partial charge in [-0.2, -0.15) is 0 Å². The number of amides is 1. The number of rotatable bonds is 4. The second-order valence-corrected chi connectivity index (χ2v) is 5.60.